The van der Waals surface area contributed by atoms with Crippen LogP contribution in [0.15, 0.2) is 48.8 Å². The highest BCUT2D eigenvalue weighted by Crippen LogP contribution is 2.34. The van der Waals surface area contributed by atoms with Crippen LogP contribution in [0.1, 0.15) is 37.8 Å². The van der Waals surface area contributed by atoms with Gasteiger partial charge in [0, 0.05) is 30.1 Å². The zero-order valence-electron chi connectivity index (χ0n) is 12.7. The van der Waals surface area contributed by atoms with Gasteiger partial charge in [-0.15, -0.1) is 0 Å². The molecule has 1 heterocycles. The number of aromatic nitrogens is 1. The van der Waals surface area contributed by atoms with E-state index >= 15 is 0 Å². The molecule has 2 rings (SSSR count). The Kier molecular flexibility index (Phi) is 4.73. The Morgan fingerprint density at radius 1 is 1.14 bits per heavy atom. The minimum Gasteiger partial charge on any atom is -0.398 e. The number of ketones is 1. The van der Waals surface area contributed by atoms with Gasteiger partial charge in [0.15, 0.2) is 0 Å². The summed E-state index contributed by atoms with van der Waals surface area (Å²) in [5, 5.41) is 0. The van der Waals surface area contributed by atoms with Gasteiger partial charge in [-0.3, -0.25) is 9.78 Å². The Morgan fingerprint density at radius 3 is 2.38 bits per heavy atom. The summed E-state index contributed by atoms with van der Waals surface area (Å²) < 4.78 is 0. The van der Waals surface area contributed by atoms with Gasteiger partial charge in [-0.25, -0.2) is 0 Å². The lowest BCUT2D eigenvalue weighted by molar-refractivity contribution is -0.124. The summed E-state index contributed by atoms with van der Waals surface area (Å²) in [6, 6.07) is 11.8. The van der Waals surface area contributed by atoms with Crippen molar-refractivity contribution in [2.75, 3.05) is 5.73 Å². The van der Waals surface area contributed by atoms with Gasteiger partial charge < -0.3 is 5.73 Å². The molecular weight excluding hydrogens is 260 g/mol. The average molecular weight is 282 g/mol. The van der Waals surface area contributed by atoms with Gasteiger partial charge >= 0.3 is 0 Å². The fourth-order valence-corrected chi connectivity index (χ4v) is 2.90. The lowest BCUT2D eigenvalue weighted by Gasteiger charge is -2.31. The second-order valence-electron chi connectivity index (χ2n) is 5.33. The number of pyridine rings is 1. The van der Waals surface area contributed by atoms with Gasteiger partial charge in [-0.05, 0) is 24.5 Å². The summed E-state index contributed by atoms with van der Waals surface area (Å²) in [6.07, 6.45) is 5.23. The van der Waals surface area contributed by atoms with Crippen LogP contribution < -0.4 is 5.73 Å². The zero-order chi connectivity index (χ0) is 15.3. The van der Waals surface area contributed by atoms with Crippen LogP contribution in [-0.2, 0) is 16.6 Å². The van der Waals surface area contributed by atoms with Gasteiger partial charge in [-0.1, -0.05) is 44.2 Å². The van der Waals surface area contributed by atoms with E-state index < -0.39 is 5.41 Å². The predicted molar refractivity (Wildman–Crippen MR) is 86.1 cm³/mol. The Labute approximate surface area is 126 Å². The molecule has 0 amide bonds. The number of hydrogen-bond acceptors (Lipinski definition) is 3. The topological polar surface area (TPSA) is 56.0 Å². The molecule has 21 heavy (non-hydrogen) atoms. The number of carbonyl (C=O) groups excluding carboxylic acids is 1. The minimum absolute atomic E-state index is 0.207. The monoisotopic (exact) mass is 282 g/mol. The summed E-state index contributed by atoms with van der Waals surface area (Å²) in [5.74, 6) is 0.207. The summed E-state index contributed by atoms with van der Waals surface area (Å²) in [6.45, 7) is 4.14. The molecule has 1 aromatic carbocycles. The van der Waals surface area contributed by atoms with E-state index in [9.17, 15) is 4.79 Å². The van der Waals surface area contributed by atoms with Crippen LogP contribution in [-0.4, -0.2) is 10.8 Å². The maximum atomic E-state index is 13.0. The number of benzene rings is 1. The largest absolute Gasteiger partial charge is 0.398 e. The van der Waals surface area contributed by atoms with E-state index in [0.717, 1.165) is 24.0 Å². The highest BCUT2D eigenvalue weighted by Gasteiger charge is 2.36. The van der Waals surface area contributed by atoms with Crippen LogP contribution in [0, 0.1) is 0 Å². The van der Waals surface area contributed by atoms with Crippen molar-refractivity contribution in [3.63, 3.8) is 0 Å². The molecule has 0 unspecified atom stereocenters. The van der Waals surface area contributed by atoms with Crippen LogP contribution in [0.4, 0.5) is 5.69 Å². The molecular formula is C18H22N2O. The van der Waals surface area contributed by atoms with Crippen molar-refractivity contribution in [3.05, 3.63) is 59.9 Å². The van der Waals surface area contributed by atoms with Gasteiger partial charge in [0.25, 0.3) is 0 Å². The van der Waals surface area contributed by atoms with Crippen molar-refractivity contribution in [1.82, 2.24) is 4.98 Å². The van der Waals surface area contributed by atoms with E-state index in [1.54, 1.807) is 18.5 Å². The lowest BCUT2D eigenvalue weighted by Crippen LogP contribution is -2.36. The first kappa shape index (κ1) is 15.2. The van der Waals surface area contributed by atoms with Crippen LogP contribution in [0.3, 0.4) is 0 Å². The minimum atomic E-state index is -0.441. The highest BCUT2D eigenvalue weighted by molar-refractivity contribution is 5.92. The summed E-state index contributed by atoms with van der Waals surface area (Å²) in [5.41, 5.74) is 8.03. The number of nitrogens with zero attached hydrogens (tertiary/aromatic N) is 1. The van der Waals surface area contributed by atoms with E-state index in [-0.39, 0.29) is 5.78 Å². The van der Waals surface area contributed by atoms with E-state index in [4.69, 9.17) is 5.73 Å². The summed E-state index contributed by atoms with van der Waals surface area (Å²) in [7, 11) is 0. The Morgan fingerprint density at radius 2 is 1.81 bits per heavy atom. The molecule has 0 radical (unpaired) electrons. The summed E-state index contributed by atoms with van der Waals surface area (Å²) >= 11 is 0. The van der Waals surface area contributed by atoms with Crippen molar-refractivity contribution in [3.8, 4) is 0 Å². The number of nitrogens with two attached hydrogens (primary N) is 1. The van der Waals surface area contributed by atoms with Crippen LogP contribution in [0.25, 0.3) is 0 Å². The molecule has 0 saturated heterocycles. The highest BCUT2D eigenvalue weighted by atomic mass is 16.1. The molecule has 1 aromatic heterocycles. The van der Waals surface area contributed by atoms with Crippen molar-refractivity contribution >= 4 is 11.5 Å². The smallest absolute Gasteiger partial charge is 0.147 e. The molecule has 0 bridgehead atoms. The van der Waals surface area contributed by atoms with E-state index in [1.165, 1.54) is 0 Å². The van der Waals surface area contributed by atoms with Gasteiger partial charge in [-0.2, -0.15) is 0 Å². The molecule has 0 atom stereocenters. The second-order valence-corrected chi connectivity index (χ2v) is 5.33. The van der Waals surface area contributed by atoms with E-state index in [2.05, 4.69) is 18.8 Å². The zero-order valence-corrected chi connectivity index (χ0v) is 12.7. The number of hydrogen-bond donors (Lipinski definition) is 1. The van der Waals surface area contributed by atoms with Crippen LogP contribution in [0.5, 0.6) is 0 Å². The molecule has 0 spiro atoms. The molecule has 2 aromatic rings. The normalized spacial score (nSPS) is 11.3. The van der Waals surface area contributed by atoms with Gasteiger partial charge in [0.2, 0.25) is 0 Å². The quantitative estimate of drug-likeness (QED) is 0.881. The van der Waals surface area contributed by atoms with E-state index in [0.29, 0.717) is 12.1 Å². The standard InChI is InChI=1S/C18H22N2O/c1-3-18(4-2,15-8-6-5-7-9-15)17(21)12-14-13-20-11-10-16(14)19/h5-11,13H,3-4,12H2,1-2H3,(H2,19,20). The maximum Gasteiger partial charge on any atom is 0.147 e. The fourth-order valence-electron chi connectivity index (χ4n) is 2.90. The van der Waals surface area contributed by atoms with Gasteiger partial charge in [0.1, 0.15) is 5.78 Å². The number of anilines is 1. The summed E-state index contributed by atoms with van der Waals surface area (Å²) in [4.78, 5) is 17.0. The molecule has 0 aliphatic carbocycles. The Bertz CT molecular complexity index is 604. The number of nitrogen functional groups attached to an aromatic ring is 1. The first-order valence-electron chi connectivity index (χ1n) is 7.41. The Hall–Kier alpha value is -2.16. The third-order valence-corrected chi connectivity index (χ3v) is 4.36. The number of carbonyl (C=O) groups is 1. The van der Waals surface area contributed by atoms with Crippen molar-refractivity contribution in [2.24, 2.45) is 0 Å². The molecule has 3 nitrogen and oxygen atoms in total. The van der Waals surface area contributed by atoms with Crippen molar-refractivity contribution < 1.29 is 4.79 Å². The molecule has 0 aliphatic heterocycles. The Balaban J connectivity index is 2.35. The molecule has 2 N–H and O–H groups in total. The first-order chi connectivity index (χ1) is 10.1. The predicted octanol–water partition coefficient (Wildman–Crippen LogP) is 3.53. The third-order valence-electron chi connectivity index (χ3n) is 4.36. The van der Waals surface area contributed by atoms with Crippen molar-refractivity contribution in [1.29, 1.82) is 0 Å². The number of Topliss-reactive ketones (excluding diaryl/α,β-unsaturated/α-hetero) is 1. The lowest BCUT2D eigenvalue weighted by atomic mass is 9.71. The fraction of sp³-hybridized carbons (Fsp3) is 0.333. The van der Waals surface area contributed by atoms with Crippen LogP contribution in [0.2, 0.25) is 0 Å². The van der Waals surface area contributed by atoms with Crippen LogP contribution >= 0.6 is 0 Å². The molecule has 3 heteroatoms. The molecule has 110 valence electrons. The molecule has 0 fully saturated rings. The average Bonchev–Trinajstić information content (AvgIpc) is 2.52. The molecule has 0 aliphatic rings. The third kappa shape index (κ3) is 2.97. The van der Waals surface area contributed by atoms with E-state index in [1.807, 2.05) is 30.3 Å². The molecule has 0 saturated carbocycles. The second kappa shape index (κ2) is 6.53. The van der Waals surface area contributed by atoms with Crippen molar-refractivity contribution in [2.45, 2.75) is 38.5 Å². The number of rotatable bonds is 6. The van der Waals surface area contributed by atoms with Gasteiger partial charge in [0.05, 0.1) is 5.41 Å². The SMILES string of the molecule is CCC(CC)(C(=O)Cc1cnccc1N)c1ccccc1. The first-order valence-corrected chi connectivity index (χ1v) is 7.41. The maximum absolute atomic E-state index is 13.0.